The Morgan fingerprint density at radius 3 is 2.84 bits per heavy atom. The first-order chi connectivity index (χ1) is 12.0. The third kappa shape index (κ3) is 2.54. The van der Waals surface area contributed by atoms with Crippen LogP contribution in [0.1, 0.15) is 27.4 Å². The van der Waals surface area contributed by atoms with Crippen LogP contribution < -0.4 is 11.5 Å². The Balaban J connectivity index is 1.90. The predicted octanol–water partition coefficient (Wildman–Crippen LogP) is 0.261. The van der Waals surface area contributed by atoms with E-state index < -0.39 is 5.91 Å². The number of primary amides is 1. The van der Waals surface area contributed by atoms with Crippen molar-refractivity contribution >= 4 is 17.5 Å². The van der Waals surface area contributed by atoms with Crippen molar-refractivity contribution in [2.24, 2.45) is 11.5 Å². The highest BCUT2D eigenvalue weighted by Gasteiger charge is 2.28. The number of nitrogens with zero attached hydrogens (tertiary/aromatic N) is 4. The Bertz CT molecular complexity index is 962. The minimum absolute atomic E-state index is 0.000537. The summed E-state index contributed by atoms with van der Waals surface area (Å²) in [7, 11) is 0. The number of hydrogen-bond donors (Lipinski definition) is 2. The molecule has 0 aliphatic carbocycles. The van der Waals surface area contributed by atoms with E-state index >= 15 is 0 Å². The number of nitrogens with two attached hydrogens (primary N) is 2. The Morgan fingerprint density at radius 1 is 1.36 bits per heavy atom. The van der Waals surface area contributed by atoms with Gasteiger partial charge in [0.15, 0.2) is 17.1 Å². The molecule has 0 spiro atoms. The van der Waals surface area contributed by atoms with Crippen molar-refractivity contribution in [3.8, 4) is 11.5 Å². The van der Waals surface area contributed by atoms with Crippen molar-refractivity contribution in [1.82, 2.24) is 19.3 Å². The van der Waals surface area contributed by atoms with Crippen molar-refractivity contribution in [2.75, 3.05) is 13.1 Å². The average Bonchev–Trinajstić information content (AvgIpc) is 3.32. The Kier molecular flexibility index (Phi) is 3.50. The second-order valence-corrected chi connectivity index (χ2v) is 5.95. The molecular weight excluding hydrogens is 324 g/mol. The van der Waals surface area contributed by atoms with Crippen LogP contribution in [-0.2, 0) is 0 Å². The van der Waals surface area contributed by atoms with Gasteiger partial charge in [0, 0.05) is 19.1 Å². The van der Waals surface area contributed by atoms with Gasteiger partial charge in [0.1, 0.15) is 17.7 Å². The second kappa shape index (κ2) is 5.71. The zero-order chi connectivity index (χ0) is 17.6. The molecule has 0 radical (unpaired) electrons. The molecular formula is C16H16N6O3. The van der Waals surface area contributed by atoms with Crippen LogP contribution in [0.5, 0.6) is 0 Å². The van der Waals surface area contributed by atoms with E-state index in [0.29, 0.717) is 30.2 Å². The third-order valence-corrected chi connectivity index (χ3v) is 4.24. The molecule has 128 valence electrons. The van der Waals surface area contributed by atoms with Gasteiger partial charge in [-0.15, -0.1) is 0 Å². The van der Waals surface area contributed by atoms with Crippen LogP contribution in [0.2, 0.25) is 0 Å². The van der Waals surface area contributed by atoms with Crippen LogP contribution in [-0.4, -0.2) is 50.2 Å². The lowest BCUT2D eigenvalue weighted by Gasteiger charge is -2.17. The number of fused-ring (bicyclic) bond motifs is 1. The number of aromatic nitrogens is 3. The molecule has 3 aromatic rings. The van der Waals surface area contributed by atoms with Crippen LogP contribution >= 0.6 is 0 Å². The molecule has 0 saturated carbocycles. The molecule has 3 aromatic heterocycles. The van der Waals surface area contributed by atoms with Gasteiger partial charge >= 0.3 is 0 Å². The molecule has 1 aliphatic rings. The number of carbonyl (C=O) groups is 2. The number of likely N-dealkylation sites (tertiary alicyclic amines) is 1. The van der Waals surface area contributed by atoms with E-state index in [1.54, 1.807) is 23.1 Å². The van der Waals surface area contributed by atoms with E-state index in [1.807, 2.05) is 0 Å². The van der Waals surface area contributed by atoms with E-state index in [-0.39, 0.29) is 23.3 Å². The first-order valence-corrected chi connectivity index (χ1v) is 7.81. The maximum absolute atomic E-state index is 13.0. The number of amides is 2. The van der Waals surface area contributed by atoms with Crippen LogP contribution in [0.4, 0.5) is 0 Å². The van der Waals surface area contributed by atoms with Gasteiger partial charge in [0.2, 0.25) is 0 Å². The number of imidazole rings is 1. The first kappa shape index (κ1) is 15.3. The van der Waals surface area contributed by atoms with Crippen molar-refractivity contribution in [3.05, 3.63) is 42.2 Å². The molecule has 0 aromatic carbocycles. The summed E-state index contributed by atoms with van der Waals surface area (Å²) < 4.78 is 6.84. The van der Waals surface area contributed by atoms with Gasteiger partial charge in [-0.3, -0.25) is 14.0 Å². The van der Waals surface area contributed by atoms with Gasteiger partial charge in [-0.25, -0.2) is 9.97 Å². The van der Waals surface area contributed by atoms with Gasteiger partial charge < -0.3 is 20.8 Å². The fourth-order valence-electron chi connectivity index (χ4n) is 2.99. The van der Waals surface area contributed by atoms with Crippen molar-refractivity contribution in [2.45, 2.75) is 12.5 Å². The number of rotatable bonds is 3. The smallest absolute Gasteiger partial charge is 0.271 e. The number of furan rings is 1. The summed E-state index contributed by atoms with van der Waals surface area (Å²) in [5.74, 6) is -0.443. The summed E-state index contributed by atoms with van der Waals surface area (Å²) in [5.41, 5.74) is 12.2. The summed E-state index contributed by atoms with van der Waals surface area (Å²) in [6, 6.07) is 5.02. The summed E-state index contributed by atoms with van der Waals surface area (Å²) in [5, 5.41) is 0. The Morgan fingerprint density at radius 2 is 2.20 bits per heavy atom. The van der Waals surface area contributed by atoms with Crippen molar-refractivity contribution in [1.29, 1.82) is 0 Å². The highest BCUT2D eigenvalue weighted by molar-refractivity contribution is 5.99. The molecule has 4 rings (SSSR count). The molecule has 4 N–H and O–H groups in total. The van der Waals surface area contributed by atoms with Crippen molar-refractivity contribution < 1.29 is 14.0 Å². The minimum atomic E-state index is -0.715. The fraction of sp³-hybridized carbons (Fsp3) is 0.250. The van der Waals surface area contributed by atoms with Crippen LogP contribution in [0.15, 0.2) is 35.2 Å². The molecule has 9 heteroatoms. The second-order valence-electron chi connectivity index (χ2n) is 5.95. The summed E-state index contributed by atoms with van der Waals surface area (Å²) in [6.45, 7) is 1.06. The summed E-state index contributed by atoms with van der Waals surface area (Å²) in [4.78, 5) is 34.7. The maximum atomic E-state index is 13.0. The minimum Gasteiger partial charge on any atom is -0.463 e. The van der Waals surface area contributed by atoms with Gasteiger partial charge in [0.25, 0.3) is 11.8 Å². The van der Waals surface area contributed by atoms with Gasteiger partial charge in [-0.2, -0.15) is 0 Å². The molecule has 1 aliphatic heterocycles. The molecule has 1 atom stereocenters. The molecule has 1 saturated heterocycles. The molecule has 25 heavy (non-hydrogen) atoms. The predicted molar refractivity (Wildman–Crippen MR) is 87.7 cm³/mol. The fourth-order valence-corrected chi connectivity index (χ4v) is 2.99. The molecule has 4 heterocycles. The topological polar surface area (TPSA) is 133 Å². The monoisotopic (exact) mass is 340 g/mol. The third-order valence-electron chi connectivity index (χ3n) is 4.24. The van der Waals surface area contributed by atoms with Gasteiger partial charge in [-0.1, -0.05) is 0 Å². The maximum Gasteiger partial charge on any atom is 0.271 e. The highest BCUT2D eigenvalue weighted by Crippen LogP contribution is 2.23. The van der Waals surface area contributed by atoms with Gasteiger partial charge in [0.05, 0.1) is 6.26 Å². The summed E-state index contributed by atoms with van der Waals surface area (Å²) in [6.07, 6.45) is 3.63. The van der Waals surface area contributed by atoms with Gasteiger partial charge in [-0.05, 0) is 24.6 Å². The normalized spacial score (nSPS) is 17.3. The van der Waals surface area contributed by atoms with E-state index in [4.69, 9.17) is 15.9 Å². The zero-order valence-electron chi connectivity index (χ0n) is 13.3. The number of hydrogen-bond acceptors (Lipinski definition) is 6. The lowest BCUT2D eigenvalue weighted by molar-refractivity contribution is 0.0783. The van der Waals surface area contributed by atoms with Crippen molar-refractivity contribution in [3.63, 3.8) is 0 Å². The average molecular weight is 340 g/mol. The lowest BCUT2D eigenvalue weighted by Crippen LogP contribution is -2.33. The summed E-state index contributed by atoms with van der Waals surface area (Å²) >= 11 is 0. The van der Waals surface area contributed by atoms with E-state index in [1.165, 1.54) is 17.0 Å². The van der Waals surface area contributed by atoms with E-state index in [2.05, 4.69) is 9.97 Å². The van der Waals surface area contributed by atoms with Crippen LogP contribution in [0, 0.1) is 0 Å². The zero-order valence-corrected chi connectivity index (χ0v) is 13.3. The van der Waals surface area contributed by atoms with E-state index in [9.17, 15) is 9.59 Å². The largest absolute Gasteiger partial charge is 0.463 e. The van der Waals surface area contributed by atoms with Crippen LogP contribution in [0.25, 0.3) is 17.1 Å². The first-order valence-electron chi connectivity index (χ1n) is 7.81. The lowest BCUT2D eigenvalue weighted by atomic mass is 10.2. The van der Waals surface area contributed by atoms with Crippen LogP contribution in [0.3, 0.4) is 0 Å². The molecule has 2 amide bonds. The Hall–Kier alpha value is -3.20. The molecule has 1 fully saturated rings. The number of carbonyl (C=O) groups excluding carboxylic acids is 2. The quantitative estimate of drug-likeness (QED) is 0.703. The molecule has 9 nitrogen and oxygen atoms in total. The highest BCUT2D eigenvalue weighted by atomic mass is 16.3. The SMILES string of the molecule is NC(=O)c1ncn2c(C(=O)N3CCC(N)C3)cc(-c3ccco3)nc12. The molecule has 0 bridgehead atoms. The Labute approximate surface area is 142 Å². The standard InChI is InChI=1S/C16H16N6O3/c17-9-3-4-21(7-9)16(24)11-6-10(12-2-1-5-25-12)20-15-13(14(18)23)19-8-22(11)15/h1-2,5-6,8-9H,3-4,7,17H2,(H2,18,23). The van der Waals surface area contributed by atoms with E-state index in [0.717, 1.165) is 6.42 Å². The molecule has 1 unspecified atom stereocenters.